The van der Waals surface area contributed by atoms with Gasteiger partial charge in [0.25, 0.3) is 0 Å². The highest BCUT2D eigenvalue weighted by atomic mass is 16.5. The Morgan fingerprint density at radius 2 is 1.95 bits per heavy atom. The summed E-state index contributed by atoms with van der Waals surface area (Å²) in [7, 11) is 0. The lowest BCUT2D eigenvalue weighted by molar-refractivity contribution is -0.0405. The zero-order chi connectivity index (χ0) is 14.3. The molecule has 0 atom stereocenters. The Morgan fingerprint density at radius 3 is 2.60 bits per heavy atom. The smallest absolute Gasteiger partial charge is 0.147 e. The molecule has 3 rings (SSSR count). The third-order valence-electron chi connectivity index (χ3n) is 4.33. The molecule has 1 aromatic rings. The minimum atomic E-state index is -0.200. The van der Waals surface area contributed by atoms with Gasteiger partial charge in [0.2, 0.25) is 0 Å². The fraction of sp³-hybridized carbons (Fsp3) is 0.625. The van der Waals surface area contributed by atoms with E-state index in [-0.39, 0.29) is 5.60 Å². The second-order valence-corrected chi connectivity index (χ2v) is 6.38. The van der Waals surface area contributed by atoms with Crippen molar-refractivity contribution in [3.63, 3.8) is 0 Å². The van der Waals surface area contributed by atoms with Crippen molar-refractivity contribution in [3.8, 4) is 6.07 Å². The normalized spacial score (nSPS) is 20.6. The lowest BCUT2D eigenvalue weighted by Crippen LogP contribution is -2.34. The molecule has 0 N–H and O–H groups in total. The molecule has 4 heteroatoms. The van der Waals surface area contributed by atoms with E-state index in [1.54, 1.807) is 0 Å². The Labute approximate surface area is 120 Å². The number of rotatable bonds is 1. The number of fused-ring (bicyclic) bond motifs is 1. The van der Waals surface area contributed by atoms with Gasteiger partial charge in [-0.15, -0.1) is 0 Å². The van der Waals surface area contributed by atoms with Crippen molar-refractivity contribution in [2.24, 2.45) is 0 Å². The molecule has 0 unspecified atom stereocenters. The third-order valence-corrected chi connectivity index (χ3v) is 4.33. The highest BCUT2D eigenvalue weighted by Crippen LogP contribution is 2.35. The van der Waals surface area contributed by atoms with E-state index in [9.17, 15) is 5.26 Å². The largest absolute Gasteiger partial charge is 0.370 e. The monoisotopic (exact) mass is 271 g/mol. The summed E-state index contributed by atoms with van der Waals surface area (Å²) in [5, 5.41) is 9.64. The molecule has 1 fully saturated rings. The second-order valence-electron chi connectivity index (χ2n) is 6.38. The van der Waals surface area contributed by atoms with Crippen molar-refractivity contribution in [1.29, 1.82) is 5.26 Å². The quantitative estimate of drug-likeness (QED) is 0.788. The van der Waals surface area contributed by atoms with Gasteiger partial charge < -0.3 is 9.64 Å². The van der Waals surface area contributed by atoms with E-state index in [1.165, 1.54) is 12.8 Å². The van der Waals surface area contributed by atoms with Crippen LogP contribution < -0.4 is 4.90 Å². The van der Waals surface area contributed by atoms with E-state index in [2.05, 4.69) is 24.8 Å². The van der Waals surface area contributed by atoms with E-state index >= 15 is 0 Å². The van der Waals surface area contributed by atoms with Crippen LogP contribution in [0.25, 0.3) is 0 Å². The van der Waals surface area contributed by atoms with Gasteiger partial charge in [-0.25, -0.2) is 4.98 Å². The molecule has 0 amide bonds. The van der Waals surface area contributed by atoms with Gasteiger partial charge in [-0.05, 0) is 39.2 Å². The zero-order valence-corrected chi connectivity index (χ0v) is 12.5. The Kier molecular flexibility index (Phi) is 3.18. The van der Waals surface area contributed by atoms with Gasteiger partial charge in [0, 0.05) is 30.8 Å². The van der Waals surface area contributed by atoms with Crippen LogP contribution >= 0.6 is 0 Å². The molecule has 2 aliphatic heterocycles. The molecule has 1 saturated heterocycles. The minimum Gasteiger partial charge on any atom is -0.370 e. The Hall–Kier alpha value is -1.60. The van der Waals surface area contributed by atoms with Crippen molar-refractivity contribution in [1.82, 2.24) is 4.98 Å². The van der Waals surface area contributed by atoms with E-state index in [4.69, 9.17) is 9.72 Å². The highest BCUT2D eigenvalue weighted by Gasteiger charge is 2.32. The van der Waals surface area contributed by atoms with Crippen molar-refractivity contribution in [2.45, 2.75) is 52.2 Å². The van der Waals surface area contributed by atoms with Gasteiger partial charge in [0.05, 0.1) is 17.8 Å². The molecule has 0 spiro atoms. The Bertz CT molecular complexity index is 580. The lowest BCUT2D eigenvalue weighted by Gasteiger charge is -2.34. The first-order valence-electron chi connectivity index (χ1n) is 7.33. The van der Waals surface area contributed by atoms with E-state index in [0.29, 0.717) is 6.61 Å². The van der Waals surface area contributed by atoms with Crippen LogP contribution in [0, 0.1) is 18.3 Å². The number of nitrogens with zero attached hydrogens (tertiary/aromatic N) is 3. The molecule has 0 bridgehead atoms. The van der Waals surface area contributed by atoms with Gasteiger partial charge in [-0.1, -0.05) is 0 Å². The number of aryl methyl sites for hydroxylation is 1. The number of anilines is 1. The SMILES string of the molecule is Cc1nc(N2CCCC2)c(C#N)c2c1COC(C)(C)C2. The van der Waals surface area contributed by atoms with Gasteiger partial charge in [-0.2, -0.15) is 5.26 Å². The average Bonchev–Trinajstić information content (AvgIpc) is 2.90. The number of hydrogen-bond donors (Lipinski definition) is 0. The van der Waals surface area contributed by atoms with Gasteiger partial charge in [0.1, 0.15) is 11.9 Å². The molecule has 4 nitrogen and oxygen atoms in total. The maximum Gasteiger partial charge on any atom is 0.147 e. The van der Waals surface area contributed by atoms with Crippen LogP contribution in [0.3, 0.4) is 0 Å². The van der Waals surface area contributed by atoms with Crippen LogP contribution in [0.5, 0.6) is 0 Å². The predicted molar refractivity (Wildman–Crippen MR) is 77.7 cm³/mol. The Balaban J connectivity index is 2.14. The maximum atomic E-state index is 9.64. The first-order chi connectivity index (χ1) is 9.52. The summed E-state index contributed by atoms with van der Waals surface area (Å²) in [6.45, 7) is 8.79. The number of ether oxygens (including phenoxy) is 1. The topological polar surface area (TPSA) is 49.2 Å². The molecule has 1 aromatic heterocycles. The van der Waals surface area contributed by atoms with Crippen molar-refractivity contribution in [2.75, 3.05) is 18.0 Å². The van der Waals surface area contributed by atoms with E-state index < -0.39 is 0 Å². The van der Waals surface area contributed by atoms with Crippen molar-refractivity contribution < 1.29 is 4.74 Å². The van der Waals surface area contributed by atoms with Crippen molar-refractivity contribution in [3.05, 3.63) is 22.4 Å². The van der Waals surface area contributed by atoms with Crippen LogP contribution in [0.1, 0.15) is 49.1 Å². The summed E-state index contributed by atoms with van der Waals surface area (Å²) >= 11 is 0. The first-order valence-corrected chi connectivity index (χ1v) is 7.33. The zero-order valence-electron chi connectivity index (χ0n) is 12.5. The molecular formula is C16H21N3O. The highest BCUT2D eigenvalue weighted by molar-refractivity contribution is 5.62. The number of pyridine rings is 1. The van der Waals surface area contributed by atoms with Gasteiger partial charge in [-0.3, -0.25) is 0 Å². The fourth-order valence-corrected chi connectivity index (χ4v) is 3.19. The van der Waals surface area contributed by atoms with Gasteiger partial charge >= 0.3 is 0 Å². The van der Waals surface area contributed by atoms with Crippen LogP contribution in [-0.2, 0) is 17.8 Å². The number of aromatic nitrogens is 1. The average molecular weight is 271 g/mol. The van der Waals surface area contributed by atoms with Crippen molar-refractivity contribution >= 4 is 5.82 Å². The van der Waals surface area contributed by atoms with Crippen LogP contribution in [0.4, 0.5) is 5.82 Å². The molecule has 20 heavy (non-hydrogen) atoms. The molecule has 106 valence electrons. The molecule has 0 aromatic carbocycles. The third kappa shape index (κ3) is 2.16. The molecule has 0 radical (unpaired) electrons. The molecular weight excluding hydrogens is 250 g/mol. The van der Waals surface area contributed by atoms with Crippen LogP contribution in [-0.4, -0.2) is 23.7 Å². The van der Waals surface area contributed by atoms with Crippen LogP contribution in [0.2, 0.25) is 0 Å². The molecule has 0 saturated carbocycles. The Morgan fingerprint density at radius 1 is 1.25 bits per heavy atom. The summed E-state index contributed by atoms with van der Waals surface area (Å²) < 4.78 is 5.87. The summed E-state index contributed by atoms with van der Waals surface area (Å²) in [5.74, 6) is 0.888. The fourth-order valence-electron chi connectivity index (χ4n) is 3.19. The van der Waals surface area contributed by atoms with Gasteiger partial charge in [0.15, 0.2) is 0 Å². The number of nitriles is 1. The standard InChI is InChI=1S/C16H21N3O/c1-11-14-10-20-16(2,3)8-12(14)13(9-17)15(18-11)19-6-4-5-7-19/h4-8,10H2,1-3H3. The van der Waals surface area contributed by atoms with E-state index in [0.717, 1.165) is 47.7 Å². The first kappa shape index (κ1) is 13.4. The lowest BCUT2D eigenvalue weighted by atomic mass is 9.88. The second kappa shape index (κ2) is 4.75. The molecule has 3 heterocycles. The van der Waals surface area contributed by atoms with Crippen LogP contribution in [0.15, 0.2) is 0 Å². The maximum absolute atomic E-state index is 9.64. The predicted octanol–water partition coefficient (Wildman–Crippen LogP) is 2.71. The number of hydrogen-bond acceptors (Lipinski definition) is 4. The summed E-state index contributed by atoms with van der Waals surface area (Å²) in [6, 6.07) is 2.41. The summed E-state index contributed by atoms with van der Waals surface area (Å²) in [6.07, 6.45) is 3.17. The summed E-state index contributed by atoms with van der Waals surface area (Å²) in [5.41, 5.74) is 3.84. The summed E-state index contributed by atoms with van der Waals surface area (Å²) in [4.78, 5) is 6.97. The molecule has 2 aliphatic rings. The minimum absolute atomic E-state index is 0.200. The van der Waals surface area contributed by atoms with E-state index in [1.807, 2.05) is 6.92 Å². The molecule has 0 aliphatic carbocycles.